The van der Waals surface area contributed by atoms with Crippen molar-refractivity contribution in [3.8, 4) is 0 Å². The summed E-state index contributed by atoms with van der Waals surface area (Å²) >= 11 is 0. The van der Waals surface area contributed by atoms with Gasteiger partial charge in [0.1, 0.15) is 5.69 Å². The van der Waals surface area contributed by atoms with Crippen molar-refractivity contribution in [1.82, 2.24) is 4.57 Å². The van der Waals surface area contributed by atoms with Gasteiger partial charge >= 0.3 is 5.97 Å². The molecule has 0 saturated heterocycles. The van der Waals surface area contributed by atoms with Gasteiger partial charge < -0.3 is 9.67 Å². The first-order valence-corrected chi connectivity index (χ1v) is 6.20. The summed E-state index contributed by atoms with van der Waals surface area (Å²) in [7, 11) is 0. The first-order valence-electron chi connectivity index (χ1n) is 6.20. The van der Waals surface area contributed by atoms with E-state index < -0.39 is 5.97 Å². The van der Waals surface area contributed by atoms with E-state index in [1.54, 1.807) is 6.07 Å². The molecule has 1 aromatic heterocycles. The van der Waals surface area contributed by atoms with Crippen molar-refractivity contribution >= 4 is 16.9 Å². The van der Waals surface area contributed by atoms with Crippen LogP contribution in [0.1, 0.15) is 28.0 Å². The van der Waals surface area contributed by atoms with Crippen molar-refractivity contribution in [2.75, 3.05) is 0 Å². The molecule has 0 fully saturated rings. The highest BCUT2D eigenvalue weighted by Crippen LogP contribution is 2.30. The van der Waals surface area contributed by atoms with E-state index in [1.165, 1.54) is 11.1 Å². The van der Waals surface area contributed by atoms with Crippen LogP contribution in [0.4, 0.5) is 0 Å². The third-order valence-corrected chi connectivity index (χ3v) is 3.56. The number of aromatic nitrogens is 1. The van der Waals surface area contributed by atoms with E-state index in [2.05, 4.69) is 18.7 Å². The summed E-state index contributed by atoms with van der Waals surface area (Å²) in [5.74, 6) is -0.843. The minimum absolute atomic E-state index is 0.404. The van der Waals surface area contributed by atoms with Gasteiger partial charge in [0, 0.05) is 11.9 Å². The predicted molar refractivity (Wildman–Crippen MR) is 71.1 cm³/mol. The number of aromatic carboxylic acids is 1. The Labute approximate surface area is 105 Å². The van der Waals surface area contributed by atoms with Crippen molar-refractivity contribution in [2.45, 2.75) is 25.8 Å². The summed E-state index contributed by atoms with van der Waals surface area (Å²) in [6, 6.07) is 6.05. The molecule has 3 nitrogen and oxygen atoms in total. The first-order chi connectivity index (χ1) is 8.70. The Balaban J connectivity index is 2.30. The van der Waals surface area contributed by atoms with Crippen LogP contribution in [0.15, 0.2) is 30.9 Å². The number of aryl methyl sites for hydroxylation is 2. The highest BCUT2D eigenvalue weighted by Gasteiger charge is 2.20. The highest BCUT2D eigenvalue weighted by atomic mass is 16.4. The quantitative estimate of drug-likeness (QED) is 0.839. The first kappa shape index (κ1) is 11.1. The maximum atomic E-state index is 11.3. The summed E-state index contributed by atoms with van der Waals surface area (Å²) in [6.45, 7) is 4.56. The van der Waals surface area contributed by atoms with Gasteiger partial charge in [-0.3, -0.25) is 0 Å². The molecule has 0 amide bonds. The molecule has 92 valence electrons. The van der Waals surface area contributed by atoms with Crippen LogP contribution in [-0.4, -0.2) is 15.6 Å². The van der Waals surface area contributed by atoms with E-state index >= 15 is 0 Å². The van der Waals surface area contributed by atoms with E-state index in [1.807, 2.05) is 10.6 Å². The van der Waals surface area contributed by atoms with Crippen LogP contribution < -0.4 is 0 Å². The lowest BCUT2D eigenvalue weighted by molar-refractivity contribution is 0.0685. The second-order valence-corrected chi connectivity index (χ2v) is 4.78. The van der Waals surface area contributed by atoms with Crippen LogP contribution in [0, 0.1) is 0 Å². The van der Waals surface area contributed by atoms with Crippen molar-refractivity contribution in [3.05, 3.63) is 47.7 Å². The zero-order chi connectivity index (χ0) is 12.7. The summed E-state index contributed by atoms with van der Waals surface area (Å²) < 4.78 is 1.94. The maximum Gasteiger partial charge on any atom is 0.352 e. The molecule has 2 heterocycles. The Kier molecular flexibility index (Phi) is 2.47. The number of allylic oxidation sites excluding steroid dienone is 1. The lowest BCUT2D eigenvalue weighted by Crippen LogP contribution is -2.13. The zero-order valence-corrected chi connectivity index (χ0v) is 10.1. The number of benzene rings is 1. The minimum Gasteiger partial charge on any atom is -0.477 e. The largest absolute Gasteiger partial charge is 0.477 e. The average Bonchev–Trinajstić information content (AvgIpc) is 2.71. The Morgan fingerprint density at radius 1 is 1.44 bits per heavy atom. The zero-order valence-electron chi connectivity index (χ0n) is 10.1. The molecule has 0 saturated carbocycles. The lowest BCUT2D eigenvalue weighted by atomic mass is 9.99. The molecule has 1 aliphatic rings. The molecule has 1 aliphatic heterocycles. The van der Waals surface area contributed by atoms with Gasteiger partial charge in [-0.1, -0.05) is 12.1 Å². The Hall–Kier alpha value is -2.03. The molecule has 0 atom stereocenters. The lowest BCUT2D eigenvalue weighted by Gasteiger charge is -2.17. The van der Waals surface area contributed by atoms with Crippen LogP contribution >= 0.6 is 0 Å². The topological polar surface area (TPSA) is 42.2 Å². The minimum atomic E-state index is -0.843. The third-order valence-electron chi connectivity index (χ3n) is 3.56. The standard InChI is InChI=1S/C15H15NO2/c1-2-4-10-7-11-5-3-6-16-13(15(17)18)9-12(8-10)14(11)16/h2,7-9H,1,3-6H2,(H,17,18). The number of nitrogens with zero attached hydrogens (tertiary/aromatic N) is 1. The van der Waals surface area contributed by atoms with Crippen LogP contribution in [0.3, 0.4) is 0 Å². The van der Waals surface area contributed by atoms with Crippen molar-refractivity contribution in [1.29, 1.82) is 0 Å². The summed E-state index contributed by atoms with van der Waals surface area (Å²) in [5, 5.41) is 10.3. The van der Waals surface area contributed by atoms with Gasteiger partial charge in [-0.05, 0) is 42.5 Å². The molecule has 0 unspecified atom stereocenters. The number of hydrogen-bond donors (Lipinski definition) is 1. The number of rotatable bonds is 3. The van der Waals surface area contributed by atoms with Crippen LogP contribution in [0.25, 0.3) is 10.9 Å². The molecule has 0 aliphatic carbocycles. The summed E-state index contributed by atoms with van der Waals surface area (Å²) in [5.41, 5.74) is 3.99. The Bertz CT molecular complexity index is 652. The van der Waals surface area contributed by atoms with Crippen LogP contribution in [0.2, 0.25) is 0 Å². The predicted octanol–water partition coefficient (Wildman–Crippen LogP) is 3.01. The fourth-order valence-electron chi connectivity index (χ4n) is 2.88. The molecule has 2 aromatic rings. The van der Waals surface area contributed by atoms with E-state index in [0.29, 0.717) is 5.69 Å². The van der Waals surface area contributed by atoms with E-state index in [-0.39, 0.29) is 0 Å². The third kappa shape index (κ3) is 1.55. The normalized spacial score (nSPS) is 13.8. The Morgan fingerprint density at radius 2 is 2.28 bits per heavy atom. The number of carbonyl (C=O) groups is 1. The molecular formula is C15H15NO2. The van der Waals surface area contributed by atoms with Gasteiger partial charge in [0.05, 0.1) is 5.52 Å². The summed E-state index contributed by atoms with van der Waals surface area (Å²) in [6.07, 6.45) is 4.75. The number of carboxylic acids is 1. The molecular weight excluding hydrogens is 226 g/mol. The second-order valence-electron chi connectivity index (χ2n) is 4.78. The van der Waals surface area contributed by atoms with Crippen LogP contribution in [0.5, 0.6) is 0 Å². The van der Waals surface area contributed by atoms with E-state index in [4.69, 9.17) is 0 Å². The molecule has 0 spiro atoms. The van der Waals surface area contributed by atoms with Crippen molar-refractivity contribution in [2.24, 2.45) is 0 Å². The summed E-state index contributed by atoms with van der Waals surface area (Å²) in [4.78, 5) is 11.3. The SMILES string of the molecule is C=CCc1cc2c3c(c1)cc(C(=O)O)n3CCC2. The molecule has 3 heteroatoms. The van der Waals surface area contributed by atoms with Crippen molar-refractivity contribution in [3.63, 3.8) is 0 Å². The van der Waals surface area contributed by atoms with E-state index in [0.717, 1.165) is 36.7 Å². The number of carboxylic acid groups (broad SMARTS) is 1. The van der Waals surface area contributed by atoms with Gasteiger partial charge in [0.15, 0.2) is 0 Å². The second kappa shape index (κ2) is 4.02. The molecule has 1 aromatic carbocycles. The molecule has 0 radical (unpaired) electrons. The smallest absolute Gasteiger partial charge is 0.352 e. The maximum absolute atomic E-state index is 11.3. The fourth-order valence-corrected chi connectivity index (χ4v) is 2.88. The van der Waals surface area contributed by atoms with Gasteiger partial charge in [-0.15, -0.1) is 6.58 Å². The van der Waals surface area contributed by atoms with Crippen molar-refractivity contribution < 1.29 is 9.90 Å². The van der Waals surface area contributed by atoms with Gasteiger partial charge in [0.2, 0.25) is 0 Å². The molecule has 18 heavy (non-hydrogen) atoms. The fraction of sp³-hybridized carbons (Fsp3) is 0.267. The van der Waals surface area contributed by atoms with Gasteiger partial charge in [0.25, 0.3) is 0 Å². The van der Waals surface area contributed by atoms with E-state index in [9.17, 15) is 9.90 Å². The highest BCUT2D eigenvalue weighted by molar-refractivity contribution is 5.96. The molecule has 1 N–H and O–H groups in total. The average molecular weight is 241 g/mol. The monoisotopic (exact) mass is 241 g/mol. The Morgan fingerprint density at radius 3 is 3.00 bits per heavy atom. The van der Waals surface area contributed by atoms with Gasteiger partial charge in [-0.2, -0.15) is 0 Å². The number of hydrogen-bond acceptors (Lipinski definition) is 1. The molecule has 0 bridgehead atoms. The van der Waals surface area contributed by atoms with Gasteiger partial charge in [-0.25, -0.2) is 4.79 Å². The van der Waals surface area contributed by atoms with Crippen LogP contribution in [-0.2, 0) is 19.4 Å². The molecule has 3 rings (SSSR count).